The van der Waals surface area contributed by atoms with Crippen molar-refractivity contribution < 1.29 is 14.7 Å². The van der Waals surface area contributed by atoms with E-state index in [1.807, 2.05) is 24.3 Å². The molecule has 1 aliphatic heterocycles. The molecule has 1 aromatic carbocycles. The molecule has 80 valence electrons. The Labute approximate surface area is 88.1 Å². The second-order valence-corrected chi connectivity index (χ2v) is 3.38. The maximum atomic E-state index is 8.91. The van der Waals surface area contributed by atoms with Gasteiger partial charge in [-0.3, -0.25) is 0 Å². The third-order valence-corrected chi connectivity index (χ3v) is 2.34. The third-order valence-electron chi connectivity index (χ3n) is 2.34. The van der Waals surface area contributed by atoms with Crippen molar-refractivity contribution in [1.29, 1.82) is 0 Å². The summed E-state index contributed by atoms with van der Waals surface area (Å²) in [5, 5.41) is 12.8. The van der Waals surface area contributed by atoms with E-state index in [1.165, 1.54) is 0 Å². The number of hydrogen-bond donors (Lipinski definition) is 1. The standard InChI is InChI=1S/C11H13NO3/c1-14-9-4-2-3-8(5-9)11-6-10(7-13)15-12-11/h2-5,10,13H,6-7H2,1H3. The highest BCUT2D eigenvalue weighted by Crippen LogP contribution is 2.19. The summed E-state index contributed by atoms with van der Waals surface area (Å²) in [6.07, 6.45) is 0.440. The highest BCUT2D eigenvalue weighted by Gasteiger charge is 2.21. The first-order valence-electron chi connectivity index (χ1n) is 4.81. The molecule has 15 heavy (non-hydrogen) atoms. The normalized spacial score (nSPS) is 19.6. The van der Waals surface area contributed by atoms with Gasteiger partial charge in [0.15, 0.2) is 6.10 Å². The zero-order valence-electron chi connectivity index (χ0n) is 8.51. The van der Waals surface area contributed by atoms with E-state index in [2.05, 4.69) is 5.16 Å². The molecule has 1 aromatic rings. The first kappa shape index (κ1) is 9.98. The number of aliphatic hydroxyl groups excluding tert-OH is 1. The summed E-state index contributed by atoms with van der Waals surface area (Å²) in [4.78, 5) is 5.04. The monoisotopic (exact) mass is 207 g/mol. The van der Waals surface area contributed by atoms with Crippen molar-refractivity contribution in [2.24, 2.45) is 5.16 Å². The Hall–Kier alpha value is -1.55. The number of methoxy groups -OCH3 is 1. The van der Waals surface area contributed by atoms with Crippen molar-refractivity contribution in [2.75, 3.05) is 13.7 Å². The van der Waals surface area contributed by atoms with Gasteiger partial charge < -0.3 is 14.7 Å². The highest BCUT2D eigenvalue weighted by molar-refractivity contribution is 6.01. The predicted octanol–water partition coefficient (Wildman–Crippen LogP) is 1.18. The maximum Gasteiger partial charge on any atom is 0.156 e. The van der Waals surface area contributed by atoms with Gasteiger partial charge in [-0.25, -0.2) is 0 Å². The van der Waals surface area contributed by atoms with Crippen LogP contribution in [0.15, 0.2) is 29.4 Å². The number of oxime groups is 1. The molecular formula is C11H13NO3. The van der Waals surface area contributed by atoms with Gasteiger partial charge in [-0.2, -0.15) is 0 Å². The SMILES string of the molecule is COc1cccc(C2=NOC(CO)C2)c1. The van der Waals surface area contributed by atoms with E-state index in [1.54, 1.807) is 7.11 Å². The van der Waals surface area contributed by atoms with Crippen LogP contribution in [0, 0.1) is 0 Å². The van der Waals surface area contributed by atoms with Gasteiger partial charge in [0.05, 0.1) is 19.4 Å². The van der Waals surface area contributed by atoms with Crippen LogP contribution in [0.4, 0.5) is 0 Å². The number of rotatable bonds is 3. The molecule has 0 bridgehead atoms. The lowest BCUT2D eigenvalue weighted by Crippen LogP contribution is -2.12. The Bertz CT molecular complexity index is 376. The summed E-state index contributed by atoms with van der Waals surface area (Å²) in [6.45, 7) is -0.00301. The molecule has 2 rings (SSSR count). The molecule has 0 saturated carbocycles. The van der Waals surface area contributed by atoms with Crippen LogP contribution in [0.5, 0.6) is 5.75 Å². The fourth-order valence-electron chi connectivity index (χ4n) is 1.50. The minimum atomic E-state index is -0.203. The largest absolute Gasteiger partial charge is 0.497 e. The van der Waals surface area contributed by atoms with E-state index in [-0.39, 0.29) is 12.7 Å². The Morgan fingerprint density at radius 1 is 1.60 bits per heavy atom. The molecule has 0 spiro atoms. The fraction of sp³-hybridized carbons (Fsp3) is 0.364. The first-order chi connectivity index (χ1) is 7.33. The van der Waals surface area contributed by atoms with Crippen LogP contribution in [-0.4, -0.2) is 30.6 Å². The van der Waals surface area contributed by atoms with Crippen LogP contribution in [-0.2, 0) is 4.84 Å². The smallest absolute Gasteiger partial charge is 0.156 e. The molecule has 4 heteroatoms. The maximum absolute atomic E-state index is 8.91. The average molecular weight is 207 g/mol. The third kappa shape index (κ3) is 2.10. The summed E-state index contributed by atoms with van der Waals surface area (Å²) in [5.74, 6) is 0.794. The van der Waals surface area contributed by atoms with Crippen LogP contribution in [0.1, 0.15) is 12.0 Å². The number of ether oxygens (including phenoxy) is 1. The van der Waals surface area contributed by atoms with Crippen LogP contribution >= 0.6 is 0 Å². The molecule has 1 aliphatic rings. The van der Waals surface area contributed by atoms with Gasteiger partial charge in [0, 0.05) is 12.0 Å². The molecule has 0 saturated heterocycles. The van der Waals surface area contributed by atoms with Gasteiger partial charge in [0.25, 0.3) is 0 Å². The fourth-order valence-corrected chi connectivity index (χ4v) is 1.50. The second kappa shape index (κ2) is 4.31. The summed E-state index contributed by atoms with van der Waals surface area (Å²) >= 11 is 0. The number of benzene rings is 1. The van der Waals surface area contributed by atoms with Gasteiger partial charge in [0.2, 0.25) is 0 Å². The van der Waals surface area contributed by atoms with E-state index in [0.29, 0.717) is 6.42 Å². The van der Waals surface area contributed by atoms with E-state index >= 15 is 0 Å². The molecule has 0 radical (unpaired) electrons. The average Bonchev–Trinajstić information content (AvgIpc) is 2.78. The summed E-state index contributed by atoms with van der Waals surface area (Å²) < 4.78 is 5.12. The van der Waals surface area contributed by atoms with Crippen molar-refractivity contribution in [3.05, 3.63) is 29.8 Å². The van der Waals surface area contributed by atoms with Gasteiger partial charge in [-0.1, -0.05) is 17.3 Å². The molecule has 1 unspecified atom stereocenters. The van der Waals surface area contributed by atoms with Crippen molar-refractivity contribution >= 4 is 5.71 Å². The van der Waals surface area contributed by atoms with E-state index in [0.717, 1.165) is 17.0 Å². The van der Waals surface area contributed by atoms with E-state index < -0.39 is 0 Å². The van der Waals surface area contributed by atoms with Crippen molar-refractivity contribution in [2.45, 2.75) is 12.5 Å². The van der Waals surface area contributed by atoms with Crippen LogP contribution in [0.25, 0.3) is 0 Å². The van der Waals surface area contributed by atoms with Crippen LogP contribution in [0.2, 0.25) is 0 Å². The summed E-state index contributed by atoms with van der Waals surface area (Å²) in [7, 11) is 1.63. The van der Waals surface area contributed by atoms with Crippen LogP contribution in [0.3, 0.4) is 0 Å². The lowest BCUT2D eigenvalue weighted by molar-refractivity contribution is 0.0390. The highest BCUT2D eigenvalue weighted by atomic mass is 16.6. The van der Waals surface area contributed by atoms with Gasteiger partial charge >= 0.3 is 0 Å². The number of hydrogen-bond acceptors (Lipinski definition) is 4. The summed E-state index contributed by atoms with van der Waals surface area (Å²) in [6, 6.07) is 7.64. The molecule has 0 aliphatic carbocycles. The first-order valence-corrected chi connectivity index (χ1v) is 4.81. The second-order valence-electron chi connectivity index (χ2n) is 3.38. The zero-order chi connectivity index (χ0) is 10.7. The van der Waals surface area contributed by atoms with Crippen LogP contribution < -0.4 is 4.74 Å². The topological polar surface area (TPSA) is 51.0 Å². The Morgan fingerprint density at radius 2 is 2.47 bits per heavy atom. The predicted molar refractivity (Wildman–Crippen MR) is 56.1 cm³/mol. The zero-order valence-corrected chi connectivity index (χ0v) is 8.51. The molecule has 0 fully saturated rings. The van der Waals surface area contributed by atoms with E-state index in [4.69, 9.17) is 14.7 Å². The lowest BCUT2D eigenvalue weighted by Gasteiger charge is -2.03. The molecule has 0 amide bonds. The van der Waals surface area contributed by atoms with Gasteiger partial charge in [-0.05, 0) is 12.1 Å². The lowest BCUT2D eigenvalue weighted by atomic mass is 10.1. The van der Waals surface area contributed by atoms with Gasteiger partial charge in [-0.15, -0.1) is 0 Å². The van der Waals surface area contributed by atoms with Crippen molar-refractivity contribution in [3.8, 4) is 5.75 Å². The Kier molecular flexibility index (Phi) is 2.87. The Balaban J connectivity index is 2.16. The van der Waals surface area contributed by atoms with Crippen molar-refractivity contribution in [1.82, 2.24) is 0 Å². The minimum absolute atomic E-state index is 0.00301. The molecule has 0 aromatic heterocycles. The summed E-state index contributed by atoms with van der Waals surface area (Å²) in [5.41, 5.74) is 1.83. The molecule has 1 N–H and O–H groups in total. The Morgan fingerprint density at radius 3 is 3.13 bits per heavy atom. The van der Waals surface area contributed by atoms with Gasteiger partial charge in [0.1, 0.15) is 5.75 Å². The molecule has 4 nitrogen and oxygen atoms in total. The van der Waals surface area contributed by atoms with Crippen molar-refractivity contribution in [3.63, 3.8) is 0 Å². The quantitative estimate of drug-likeness (QED) is 0.809. The molecular weight excluding hydrogens is 194 g/mol. The molecule has 1 atom stereocenters. The molecule has 1 heterocycles. The number of nitrogens with zero attached hydrogens (tertiary/aromatic N) is 1. The van der Waals surface area contributed by atoms with E-state index in [9.17, 15) is 0 Å². The number of aliphatic hydroxyl groups is 1. The minimum Gasteiger partial charge on any atom is -0.497 e.